The molecule has 0 radical (unpaired) electrons. The maximum Gasteiger partial charge on any atom is 0.418 e. The van der Waals surface area contributed by atoms with Crippen LogP contribution in [0.5, 0.6) is 0 Å². The van der Waals surface area contributed by atoms with Crippen molar-refractivity contribution in [2.75, 3.05) is 30.3 Å². The number of carbonyl (C=O) groups is 2. The van der Waals surface area contributed by atoms with E-state index in [4.69, 9.17) is 0 Å². The minimum absolute atomic E-state index is 0.0549. The first-order chi connectivity index (χ1) is 30.9. The normalized spacial score (nSPS) is 12.2. The van der Waals surface area contributed by atoms with E-state index >= 15 is 0 Å². The second-order valence-corrected chi connectivity index (χ2v) is 18.5. The average Bonchev–Trinajstić information content (AvgIpc) is 3.73. The molecule has 0 saturated carbocycles. The van der Waals surface area contributed by atoms with Gasteiger partial charge in [0, 0.05) is 53.8 Å². The molecule has 6 rings (SSSR count). The van der Waals surface area contributed by atoms with Gasteiger partial charge in [0.2, 0.25) is 20.0 Å². The fourth-order valence-electron chi connectivity index (χ4n) is 7.35. The molecule has 4 aromatic carbocycles. The van der Waals surface area contributed by atoms with E-state index in [0.717, 1.165) is 12.1 Å². The number of hydrogen-bond donors (Lipinski definition) is 3. The van der Waals surface area contributed by atoms with Gasteiger partial charge in [0.15, 0.2) is 0 Å². The molecule has 0 aliphatic carbocycles. The van der Waals surface area contributed by atoms with Gasteiger partial charge in [-0.25, -0.2) is 21.6 Å². The van der Waals surface area contributed by atoms with E-state index < -0.39 is 55.3 Å². The van der Waals surface area contributed by atoms with Gasteiger partial charge in [-0.1, -0.05) is 45.0 Å². The highest BCUT2D eigenvalue weighted by Gasteiger charge is 2.36. The lowest BCUT2D eigenvalue weighted by Crippen LogP contribution is -2.30. The predicted octanol–water partition coefficient (Wildman–Crippen LogP) is 10.1. The van der Waals surface area contributed by atoms with Crippen LogP contribution in [0.1, 0.15) is 75.4 Å². The molecule has 0 spiro atoms. The van der Waals surface area contributed by atoms with E-state index in [2.05, 4.69) is 15.4 Å². The molecule has 0 unspecified atom stereocenters. The molecule has 0 fully saturated rings. The third-order valence-electron chi connectivity index (χ3n) is 10.5. The molecule has 0 atom stereocenters. The minimum atomic E-state index is -4.55. The van der Waals surface area contributed by atoms with E-state index in [1.807, 2.05) is 0 Å². The van der Waals surface area contributed by atoms with Gasteiger partial charge in [-0.3, -0.25) is 9.59 Å². The summed E-state index contributed by atoms with van der Waals surface area (Å²) in [6, 6.07) is 24.8. The van der Waals surface area contributed by atoms with E-state index in [1.165, 1.54) is 111 Å². The molecule has 0 aliphatic heterocycles. The van der Waals surface area contributed by atoms with Gasteiger partial charge < -0.3 is 19.8 Å². The number of carbonyl (C=O) groups excluding carboxylic acids is 2. The Hall–Kier alpha value is -6.22. The van der Waals surface area contributed by atoms with Crippen molar-refractivity contribution in [2.24, 2.45) is 0 Å². The summed E-state index contributed by atoms with van der Waals surface area (Å²) in [4.78, 5) is 25.9. The van der Waals surface area contributed by atoms with Crippen LogP contribution >= 0.6 is 0 Å². The zero-order valence-electron chi connectivity index (χ0n) is 36.9. The number of alkyl halides is 6. The lowest BCUT2D eigenvalue weighted by Gasteiger charge is -2.18. The molecular weight excluding hydrogens is 911 g/mol. The molecular formula is C46H48F6N6O6S2. The van der Waals surface area contributed by atoms with Crippen LogP contribution in [-0.4, -0.2) is 61.7 Å². The second kappa shape index (κ2) is 20.1. The highest BCUT2D eigenvalue weighted by molar-refractivity contribution is 7.89. The summed E-state index contributed by atoms with van der Waals surface area (Å²) in [5, 5.41) is 5.35. The zero-order valence-corrected chi connectivity index (χ0v) is 38.5. The third kappa shape index (κ3) is 11.1. The van der Waals surface area contributed by atoms with Crippen molar-refractivity contribution < 1.29 is 52.8 Å². The van der Waals surface area contributed by atoms with Gasteiger partial charge in [-0.2, -0.15) is 30.6 Å². The fourth-order valence-corrected chi connectivity index (χ4v) is 9.85. The zero-order chi connectivity index (χ0) is 48.9. The Bertz CT molecular complexity index is 2940. The minimum Gasteiger partial charge on any atom is -0.322 e. The van der Waals surface area contributed by atoms with E-state index in [-0.39, 0.29) is 38.8 Å². The van der Waals surface area contributed by atoms with Crippen LogP contribution in [0.2, 0.25) is 0 Å². The first-order valence-electron chi connectivity index (χ1n) is 20.4. The summed E-state index contributed by atoms with van der Waals surface area (Å²) >= 11 is 0. The molecule has 6 aromatic rings. The molecule has 0 bridgehead atoms. The molecule has 2 amide bonds. The van der Waals surface area contributed by atoms with Gasteiger partial charge >= 0.3 is 12.4 Å². The number of nitrogens with zero attached hydrogens (tertiary/aromatic N) is 3. The number of para-hydroxylation sites is 2. The van der Waals surface area contributed by atoms with Gasteiger partial charge in [-0.15, -0.1) is 0 Å². The van der Waals surface area contributed by atoms with Crippen LogP contribution in [0.3, 0.4) is 0 Å². The van der Waals surface area contributed by atoms with E-state index in [1.54, 1.807) is 48.5 Å². The standard InChI is InChI=1S/C24H26F3N3O3S.C22H22F3N3O3S/c1-5-29(6-2)34(32,33)19-13-11-18(12-14-19)28-23(31)20-15-16(3)30(17(20)4)22-10-8-7-9-21(22)24(25,26)27;1-4-26-32(30,31)17-11-9-16(10-12-17)27-21(29)18-13-14(2)28(15(18)3)20-8-6-5-7-19(20)22(23,24)25/h7-15H,5-6H2,1-4H3,(H,28,31);5-13,26H,4H2,1-3H3,(H,27,29). The van der Waals surface area contributed by atoms with Crippen LogP contribution in [0.25, 0.3) is 11.4 Å². The Morgan fingerprint density at radius 2 is 0.924 bits per heavy atom. The van der Waals surface area contributed by atoms with Gasteiger partial charge in [-0.05, 0) is 113 Å². The lowest BCUT2D eigenvalue weighted by molar-refractivity contribution is -0.138. The first-order valence-corrected chi connectivity index (χ1v) is 23.3. The molecule has 3 N–H and O–H groups in total. The summed E-state index contributed by atoms with van der Waals surface area (Å²) < 4.78 is 137. The number of aryl methyl sites for hydroxylation is 2. The Morgan fingerprint density at radius 1 is 0.561 bits per heavy atom. The lowest BCUT2D eigenvalue weighted by atomic mass is 10.1. The maximum atomic E-state index is 13.5. The van der Waals surface area contributed by atoms with Crippen molar-refractivity contribution in [3.63, 3.8) is 0 Å². The summed E-state index contributed by atoms with van der Waals surface area (Å²) in [6.45, 7) is 12.5. The molecule has 0 aliphatic rings. The van der Waals surface area contributed by atoms with Crippen LogP contribution in [0.4, 0.5) is 37.7 Å². The van der Waals surface area contributed by atoms with Crippen molar-refractivity contribution >= 4 is 43.2 Å². The number of amides is 2. The molecule has 12 nitrogen and oxygen atoms in total. The topological polar surface area (TPSA) is 152 Å². The molecule has 66 heavy (non-hydrogen) atoms. The Balaban J connectivity index is 0.000000248. The number of aromatic nitrogens is 2. The number of benzene rings is 4. The highest BCUT2D eigenvalue weighted by Crippen LogP contribution is 2.37. The quantitative estimate of drug-likeness (QED) is 0.0981. The smallest absolute Gasteiger partial charge is 0.322 e. The second-order valence-electron chi connectivity index (χ2n) is 14.8. The van der Waals surface area contributed by atoms with Crippen LogP contribution < -0.4 is 15.4 Å². The van der Waals surface area contributed by atoms with Crippen molar-refractivity contribution in [3.05, 3.63) is 154 Å². The van der Waals surface area contributed by atoms with Crippen molar-refractivity contribution in [1.82, 2.24) is 18.2 Å². The summed E-state index contributed by atoms with van der Waals surface area (Å²) in [7, 11) is -7.25. The maximum absolute atomic E-state index is 13.5. The molecule has 2 heterocycles. The Labute approximate surface area is 379 Å². The summed E-state index contributed by atoms with van der Waals surface area (Å²) in [6.07, 6.45) is -9.09. The first kappa shape index (κ1) is 50.8. The predicted molar refractivity (Wildman–Crippen MR) is 240 cm³/mol. The monoisotopic (exact) mass is 958 g/mol. The molecule has 20 heteroatoms. The molecule has 0 saturated heterocycles. The average molecular weight is 959 g/mol. The van der Waals surface area contributed by atoms with Crippen LogP contribution in [0.15, 0.2) is 119 Å². The van der Waals surface area contributed by atoms with Crippen molar-refractivity contribution in [2.45, 2.75) is 70.6 Å². The van der Waals surface area contributed by atoms with Crippen molar-refractivity contribution in [3.8, 4) is 11.4 Å². The summed E-state index contributed by atoms with van der Waals surface area (Å²) in [5.74, 6) is -1.03. The number of halogens is 6. The number of hydrogen-bond acceptors (Lipinski definition) is 6. The van der Waals surface area contributed by atoms with Gasteiger partial charge in [0.1, 0.15) is 0 Å². The van der Waals surface area contributed by atoms with E-state index in [0.29, 0.717) is 47.2 Å². The number of anilines is 2. The largest absolute Gasteiger partial charge is 0.418 e. The Kier molecular flexibility index (Phi) is 15.5. The van der Waals surface area contributed by atoms with E-state index in [9.17, 15) is 52.8 Å². The Morgan fingerprint density at radius 3 is 1.27 bits per heavy atom. The van der Waals surface area contributed by atoms with Gasteiger partial charge in [0.05, 0.1) is 43.4 Å². The summed E-state index contributed by atoms with van der Waals surface area (Å²) in [5.41, 5.74) is 1.07. The fraction of sp³-hybridized carbons (Fsp3) is 0.261. The van der Waals surface area contributed by atoms with Crippen molar-refractivity contribution in [1.29, 1.82) is 0 Å². The molecule has 352 valence electrons. The van der Waals surface area contributed by atoms with Crippen LogP contribution in [0, 0.1) is 27.7 Å². The van der Waals surface area contributed by atoms with Crippen LogP contribution in [-0.2, 0) is 32.4 Å². The SMILES string of the molecule is CCN(CC)S(=O)(=O)c1ccc(NC(=O)c2cc(C)n(-c3ccccc3C(F)(F)F)c2C)cc1.CCNS(=O)(=O)c1ccc(NC(=O)c2cc(C)n(-c3ccccc3C(F)(F)F)c2C)cc1. The highest BCUT2D eigenvalue weighted by atomic mass is 32.2. The number of nitrogens with one attached hydrogen (secondary N) is 3. The molecule has 2 aromatic heterocycles. The third-order valence-corrected chi connectivity index (χ3v) is 14.1. The number of sulfonamides is 2. The van der Waals surface area contributed by atoms with Gasteiger partial charge in [0.25, 0.3) is 11.8 Å². The number of rotatable bonds is 13.